The third-order valence-electron chi connectivity index (χ3n) is 3.86. The van der Waals surface area contributed by atoms with Crippen molar-refractivity contribution in [3.8, 4) is 0 Å². The summed E-state index contributed by atoms with van der Waals surface area (Å²) in [7, 11) is 0. The first-order chi connectivity index (χ1) is 9.25. The Labute approximate surface area is 112 Å². The van der Waals surface area contributed by atoms with Gasteiger partial charge >= 0.3 is 0 Å². The van der Waals surface area contributed by atoms with Crippen LogP contribution in [-0.4, -0.2) is 30.1 Å². The summed E-state index contributed by atoms with van der Waals surface area (Å²) in [6.45, 7) is 3.60. The number of H-pyrrole nitrogens is 1. The molecule has 19 heavy (non-hydrogen) atoms. The molecule has 100 valence electrons. The second-order valence-corrected chi connectivity index (χ2v) is 5.13. The number of aromatic nitrogens is 1. The molecule has 0 radical (unpaired) electrons. The van der Waals surface area contributed by atoms with E-state index < -0.39 is 0 Å². The maximum Gasteiger partial charge on any atom is 0.253 e. The van der Waals surface area contributed by atoms with Crippen LogP contribution in [0.15, 0.2) is 30.5 Å². The largest absolute Gasteiger partial charge is 0.381 e. The van der Waals surface area contributed by atoms with E-state index in [9.17, 15) is 4.79 Å². The standard InChI is InChI=1S/C15H18N2O2/c1-10(11-6-7-19-9-11)17-15(18)13-8-16-14-5-3-2-4-12(13)14/h2-5,8,10-11,16H,6-7,9H2,1H3,(H,17,18). The predicted octanol–water partition coefficient (Wildman–Crippen LogP) is 2.32. The summed E-state index contributed by atoms with van der Waals surface area (Å²) in [6, 6.07) is 7.98. The number of carbonyl (C=O) groups is 1. The van der Waals surface area contributed by atoms with Crippen molar-refractivity contribution in [1.29, 1.82) is 0 Å². The Morgan fingerprint density at radius 1 is 1.47 bits per heavy atom. The highest BCUT2D eigenvalue weighted by molar-refractivity contribution is 6.06. The summed E-state index contributed by atoms with van der Waals surface area (Å²) >= 11 is 0. The summed E-state index contributed by atoms with van der Waals surface area (Å²) < 4.78 is 5.36. The van der Waals surface area contributed by atoms with Gasteiger partial charge in [0.15, 0.2) is 0 Å². The second kappa shape index (κ2) is 5.05. The number of nitrogens with one attached hydrogen (secondary N) is 2. The van der Waals surface area contributed by atoms with Crippen LogP contribution in [0.3, 0.4) is 0 Å². The van der Waals surface area contributed by atoms with E-state index in [1.807, 2.05) is 31.2 Å². The van der Waals surface area contributed by atoms with E-state index in [4.69, 9.17) is 4.74 Å². The number of benzene rings is 1. The molecule has 1 aromatic heterocycles. The number of hydrogen-bond donors (Lipinski definition) is 2. The molecule has 2 unspecified atom stereocenters. The fourth-order valence-corrected chi connectivity index (χ4v) is 2.61. The van der Waals surface area contributed by atoms with Crippen LogP contribution in [0.25, 0.3) is 10.9 Å². The van der Waals surface area contributed by atoms with E-state index in [0.29, 0.717) is 11.5 Å². The van der Waals surface area contributed by atoms with Gasteiger partial charge in [-0.15, -0.1) is 0 Å². The van der Waals surface area contributed by atoms with Crippen LogP contribution < -0.4 is 5.32 Å². The molecule has 2 heterocycles. The zero-order chi connectivity index (χ0) is 13.2. The molecule has 2 atom stereocenters. The second-order valence-electron chi connectivity index (χ2n) is 5.13. The van der Waals surface area contributed by atoms with Crippen LogP contribution in [0.5, 0.6) is 0 Å². The fraction of sp³-hybridized carbons (Fsp3) is 0.400. The van der Waals surface area contributed by atoms with E-state index in [1.54, 1.807) is 6.20 Å². The van der Waals surface area contributed by atoms with Crippen molar-refractivity contribution >= 4 is 16.8 Å². The van der Waals surface area contributed by atoms with E-state index in [2.05, 4.69) is 10.3 Å². The SMILES string of the molecule is CC(NC(=O)c1c[nH]c2ccccc12)C1CCOC1. The maximum atomic E-state index is 12.3. The minimum atomic E-state index is -0.0168. The molecule has 1 fully saturated rings. The molecule has 0 aliphatic carbocycles. The Morgan fingerprint density at radius 2 is 2.32 bits per heavy atom. The van der Waals surface area contributed by atoms with Crippen LogP contribution in [-0.2, 0) is 4.74 Å². The minimum Gasteiger partial charge on any atom is -0.381 e. The van der Waals surface area contributed by atoms with Gasteiger partial charge in [0, 0.05) is 35.7 Å². The normalized spacial score (nSPS) is 20.6. The molecule has 1 saturated heterocycles. The molecule has 0 bridgehead atoms. The van der Waals surface area contributed by atoms with Gasteiger partial charge in [0.25, 0.3) is 5.91 Å². The van der Waals surface area contributed by atoms with Gasteiger partial charge in [-0.1, -0.05) is 18.2 Å². The minimum absolute atomic E-state index is 0.0168. The Bertz CT molecular complexity index is 585. The molecule has 1 aliphatic heterocycles. The first-order valence-electron chi connectivity index (χ1n) is 6.70. The number of aromatic amines is 1. The first kappa shape index (κ1) is 12.2. The number of para-hydroxylation sites is 1. The zero-order valence-corrected chi connectivity index (χ0v) is 11.0. The maximum absolute atomic E-state index is 12.3. The summed E-state index contributed by atoms with van der Waals surface area (Å²) in [5.74, 6) is 0.408. The van der Waals surface area contributed by atoms with Gasteiger partial charge in [0.2, 0.25) is 0 Å². The van der Waals surface area contributed by atoms with Crippen LogP contribution in [0.2, 0.25) is 0 Å². The van der Waals surface area contributed by atoms with Crippen LogP contribution in [0.1, 0.15) is 23.7 Å². The van der Waals surface area contributed by atoms with Crippen LogP contribution in [0, 0.1) is 5.92 Å². The highest BCUT2D eigenvalue weighted by Crippen LogP contribution is 2.20. The summed E-state index contributed by atoms with van der Waals surface area (Å²) in [4.78, 5) is 15.4. The van der Waals surface area contributed by atoms with Crippen molar-refractivity contribution in [1.82, 2.24) is 10.3 Å². The first-order valence-corrected chi connectivity index (χ1v) is 6.70. The lowest BCUT2D eigenvalue weighted by Gasteiger charge is -2.18. The number of carbonyl (C=O) groups excluding carboxylic acids is 1. The van der Waals surface area contributed by atoms with E-state index in [1.165, 1.54) is 0 Å². The number of amides is 1. The lowest BCUT2D eigenvalue weighted by Crippen LogP contribution is -2.38. The van der Waals surface area contributed by atoms with Gasteiger partial charge in [0.1, 0.15) is 0 Å². The Hall–Kier alpha value is -1.81. The van der Waals surface area contributed by atoms with Crippen molar-refractivity contribution in [2.24, 2.45) is 5.92 Å². The summed E-state index contributed by atoms with van der Waals surface area (Å²) in [5.41, 5.74) is 1.70. The number of rotatable bonds is 3. The molecule has 4 heteroatoms. The predicted molar refractivity (Wildman–Crippen MR) is 74.2 cm³/mol. The lowest BCUT2D eigenvalue weighted by molar-refractivity contribution is 0.0924. The Balaban J connectivity index is 1.76. The van der Waals surface area contributed by atoms with Crippen molar-refractivity contribution < 1.29 is 9.53 Å². The van der Waals surface area contributed by atoms with E-state index in [-0.39, 0.29) is 11.9 Å². The molecule has 3 rings (SSSR count). The zero-order valence-electron chi connectivity index (χ0n) is 11.0. The molecule has 0 spiro atoms. The summed E-state index contributed by atoms with van der Waals surface area (Å²) in [5, 5.41) is 4.04. The number of ether oxygens (including phenoxy) is 1. The number of fused-ring (bicyclic) bond motifs is 1. The van der Waals surface area contributed by atoms with Gasteiger partial charge in [-0.05, 0) is 19.4 Å². The fourth-order valence-electron chi connectivity index (χ4n) is 2.61. The lowest BCUT2D eigenvalue weighted by atomic mass is 10.0. The van der Waals surface area contributed by atoms with Crippen LogP contribution in [0.4, 0.5) is 0 Å². The van der Waals surface area contributed by atoms with Crippen LogP contribution >= 0.6 is 0 Å². The van der Waals surface area contributed by atoms with E-state index in [0.717, 1.165) is 30.5 Å². The quantitative estimate of drug-likeness (QED) is 0.887. The van der Waals surface area contributed by atoms with Crippen molar-refractivity contribution in [3.05, 3.63) is 36.0 Å². The molecule has 1 amide bonds. The smallest absolute Gasteiger partial charge is 0.253 e. The van der Waals surface area contributed by atoms with Crippen molar-refractivity contribution in [3.63, 3.8) is 0 Å². The average molecular weight is 258 g/mol. The van der Waals surface area contributed by atoms with Gasteiger partial charge in [-0.3, -0.25) is 4.79 Å². The average Bonchev–Trinajstić information content (AvgIpc) is 3.08. The molecule has 0 saturated carbocycles. The molecule has 1 aromatic carbocycles. The highest BCUT2D eigenvalue weighted by Gasteiger charge is 2.24. The molecule has 2 N–H and O–H groups in total. The highest BCUT2D eigenvalue weighted by atomic mass is 16.5. The van der Waals surface area contributed by atoms with Crippen molar-refractivity contribution in [2.45, 2.75) is 19.4 Å². The van der Waals surface area contributed by atoms with Gasteiger partial charge in [-0.25, -0.2) is 0 Å². The number of hydrogen-bond acceptors (Lipinski definition) is 2. The monoisotopic (exact) mass is 258 g/mol. The third kappa shape index (κ3) is 2.36. The van der Waals surface area contributed by atoms with E-state index >= 15 is 0 Å². The third-order valence-corrected chi connectivity index (χ3v) is 3.86. The van der Waals surface area contributed by atoms with Gasteiger partial charge in [0.05, 0.1) is 12.2 Å². The molecular weight excluding hydrogens is 240 g/mol. The molecular formula is C15H18N2O2. The Kier molecular flexibility index (Phi) is 3.25. The Morgan fingerprint density at radius 3 is 3.11 bits per heavy atom. The van der Waals surface area contributed by atoms with Gasteiger partial charge < -0.3 is 15.0 Å². The summed E-state index contributed by atoms with van der Waals surface area (Å²) in [6.07, 6.45) is 2.80. The molecule has 1 aliphatic rings. The topological polar surface area (TPSA) is 54.1 Å². The molecule has 4 nitrogen and oxygen atoms in total. The molecule has 2 aromatic rings. The van der Waals surface area contributed by atoms with Gasteiger partial charge in [-0.2, -0.15) is 0 Å². The van der Waals surface area contributed by atoms with Crippen molar-refractivity contribution in [2.75, 3.05) is 13.2 Å².